The lowest BCUT2D eigenvalue weighted by atomic mass is 10.2. The molecule has 0 bridgehead atoms. The van der Waals surface area contributed by atoms with Crippen LogP contribution in [0, 0.1) is 0 Å². The van der Waals surface area contributed by atoms with Crippen molar-refractivity contribution in [1.29, 1.82) is 0 Å². The standard InChI is InChI=1S/C17H22N4O2/c1-2-20-8-10-21(11-9-20)17(22)19-13-16-18-12-15(23-16)14-6-4-3-5-7-14/h3-7,12H,2,8-11,13H2,1H3,(H,19,22). The Balaban J connectivity index is 1.51. The summed E-state index contributed by atoms with van der Waals surface area (Å²) in [5.74, 6) is 1.23. The van der Waals surface area contributed by atoms with E-state index in [0.29, 0.717) is 18.2 Å². The van der Waals surface area contributed by atoms with E-state index >= 15 is 0 Å². The first-order chi connectivity index (χ1) is 11.3. The lowest BCUT2D eigenvalue weighted by molar-refractivity contribution is 0.142. The predicted molar refractivity (Wildman–Crippen MR) is 87.9 cm³/mol. The molecule has 1 saturated heterocycles. The van der Waals surface area contributed by atoms with Crippen LogP contribution in [-0.4, -0.2) is 53.5 Å². The molecule has 1 aromatic heterocycles. The Morgan fingerprint density at radius 2 is 1.96 bits per heavy atom. The molecule has 2 heterocycles. The smallest absolute Gasteiger partial charge is 0.317 e. The molecule has 0 saturated carbocycles. The number of urea groups is 1. The fourth-order valence-corrected chi connectivity index (χ4v) is 2.66. The van der Waals surface area contributed by atoms with Gasteiger partial charge in [-0.05, 0) is 6.54 Å². The molecule has 3 rings (SSSR count). The Morgan fingerprint density at radius 1 is 1.22 bits per heavy atom. The van der Waals surface area contributed by atoms with Crippen molar-refractivity contribution in [1.82, 2.24) is 20.1 Å². The van der Waals surface area contributed by atoms with Crippen molar-refractivity contribution in [2.24, 2.45) is 0 Å². The molecule has 2 amide bonds. The number of hydrogen-bond donors (Lipinski definition) is 1. The number of carbonyl (C=O) groups excluding carboxylic acids is 1. The van der Waals surface area contributed by atoms with Crippen LogP contribution in [0.25, 0.3) is 11.3 Å². The normalized spacial score (nSPS) is 15.6. The van der Waals surface area contributed by atoms with Gasteiger partial charge in [0.1, 0.15) is 0 Å². The van der Waals surface area contributed by atoms with Crippen molar-refractivity contribution in [3.8, 4) is 11.3 Å². The van der Waals surface area contributed by atoms with Gasteiger partial charge in [0.15, 0.2) is 5.76 Å². The van der Waals surface area contributed by atoms with Crippen molar-refractivity contribution in [2.45, 2.75) is 13.5 Å². The van der Waals surface area contributed by atoms with Crippen molar-refractivity contribution in [2.75, 3.05) is 32.7 Å². The van der Waals surface area contributed by atoms with Gasteiger partial charge in [0, 0.05) is 31.7 Å². The fraction of sp³-hybridized carbons (Fsp3) is 0.412. The second kappa shape index (κ2) is 7.28. The largest absolute Gasteiger partial charge is 0.439 e. The van der Waals surface area contributed by atoms with Gasteiger partial charge in [-0.15, -0.1) is 0 Å². The maximum absolute atomic E-state index is 12.2. The first kappa shape index (κ1) is 15.6. The zero-order valence-corrected chi connectivity index (χ0v) is 13.4. The molecule has 23 heavy (non-hydrogen) atoms. The number of carbonyl (C=O) groups is 1. The molecular formula is C17H22N4O2. The van der Waals surface area contributed by atoms with Crippen LogP contribution in [0.1, 0.15) is 12.8 Å². The summed E-state index contributed by atoms with van der Waals surface area (Å²) in [6.07, 6.45) is 1.69. The molecule has 1 fully saturated rings. The minimum atomic E-state index is -0.0554. The predicted octanol–water partition coefficient (Wildman–Crippen LogP) is 2.19. The van der Waals surface area contributed by atoms with Crippen LogP contribution in [0.3, 0.4) is 0 Å². The number of benzene rings is 1. The Bertz CT molecular complexity index is 633. The number of hydrogen-bond acceptors (Lipinski definition) is 4. The van der Waals surface area contributed by atoms with Gasteiger partial charge in [-0.3, -0.25) is 0 Å². The third kappa shape index (κ3) is 3.90. The van der Waals surface area contributed by atoms with E-state index < -0.39 is 0 Å². The molecule has 0 spiro atoms. The average molecular weight is 314 g/mol. The molecule has 2 aromatic rings. The molecule has 122 valence electrons. The zero-order valence-electron chi connectivity index (χ0n) is 13.4. The molecule has 1 aromatic carbocycles. The second-order valence-electron chi connectivity index (χ2n) is 5.56. The monoisotopic (exact) mass is 314 g/mol. The van der Waals surface area contributed by atoms with E-state index in [2.05, 4.69) is 22.1 Å². The maximum atomic E-state index is 12.2. The number of oxazole rings is 1. The number of nitrogens with zero attached hydrogens (tertiary/aromatic N) is 3. The minimum Gasteiger partial charge on any atom is -0.439 e. The summed E-state index contributed by atoms with van der Waals surface area (Å²) in [4.78, 5) is 20.6. The fourth-order valence-electron chi connectivity index (χ4n) is 2.66. The maximum Gasteiger partial charge on any atom is 0.317 e. The number of piperazine rings is 1. The van der Waals surface area contributed by atoms with Gasteiger partial charge in [-0.2, -0.15) is 0 Å². The van der Waals surface area contributed by atoms with Gasteiger partial charge in [-0.1, -0.05) is 37.3 Å². The van der Waals surface area contributed by atoms with Crippen molar-refractivity contribution >= 4 is 6.03 Å². The topological polar surface area (TPSA) is 61.6 Å². The first-order valence-corrected chi connectivity index (χ1v) is 8.01. The summed E-state index contributed by atoms with van der Waals surface area (Å²) in [6.45, 7) is 6.87. The van der Waals surface area contributed by atoms with Crippen LogP contribution in [-0.2, 0) is 6.54 Å². The van der Waals surface area contributed by atoms with E-state index in [-0.39, 0.29) is 6.03 Å². The van der Waals surface area contributed by atoms with Crippen LogP contribution in [0.15, 0.2) is 40.9 Å². The lowest BCUT2D eigenvalue weighted by Gasteiger charge is -2.33. The first-order valence-electron chi connectivity index (χ1n) is 8.01. The highest BCUT2D eigenvalue weighted by Gasteiger charge is 2.20. The quantitative estimate of drug-likeness (QED) is 0.940. The molecule has 1 aliphatic rings. The van der Waals surface area contributed by atoms with E-state index in [0.717, 1.165) is 38.3 Å². The van der Waals surface area contributed by atoms with Crippen molar-refractivity contribution < 1.29 is 9.21 Å². The molecule has 0 atom stereocenters. The van der Waals surface area contributed by atoms with Crippen LogP contribution in [0.2, 0.25) is 0 Å². The molecule has 0 radical (unpaired) electrons. The van der Waals surface area contributed by atoms with Gasteiger partial charge >= 0.3 is 6.03 Å². The van der Waals surface area contributed by atoms with Crippen LogP contribution >= 0.6 is 0 Å². The summed E-state index contributed by atoms with van der Waals surface area (Å²) in [5.41, 5.74) is 0.980. The van der Waals surface area contributed by atoms with Gasteiger partial charge in [0.05, 0.1) is 12.7 Å². The van der Waals surface area contributed by atoms with Crippen molar-refractivity contribution in [3.05, 3.63) is 42.4 Å². The van der Waals surface area contributed by atoms with E-state index in [1.807, 2.05) is 35.2 Å². The van der Waals surface area contributed by atoms with E-state index in [4.69, 9.17) is 4.42 Å². The van der Waals surface area contributed by atoms with Crippen LogP contribution in [0.5, 0.6) is 0 Å². The van der Waals surface area contributed by atoms with E-state index in [9.17, 15) is 4.79 Å². The summed E-state index contributed by atoms with van der Waals surface area (Å²) < 4.78 is 5.69. The molecule has 1 aliphatic heterocycles. The third-order valence-electron chi connectivity index (χ3n) is 4.11. The average Bonchev–Trinajstić information content (AvgIpc) is 3.09. The number of aromatic nitrogens is 1. The SMILES string of the molecule is CCN1CCN(C(=O)NCc2ncc(-c3ccccc3)o2)CC1. The second-order valence-corrected chi connectivity index (χ2v) is 5.56. The highest BCUT2D eigenvalue weighted by Crippen LogP contribution is 2.19. The summed E-state index contributed by atoms with van der Waals surface area (Å²) in [7, 11) is 0. The lowest BCUT2D eigenvalue weighted by Crippen LogP contribution is -2.51. The van der Waals surface area contributed by atoms with Gasteiger partial charge in [0.2, 0.25) is 5.89 Å². The Morgan fingerprint density at radius 3 is 2.65 bits per heavy atom. The summed E-state index contributed by atoms with van der Waals surface area (Å²) in [5, 5.41) is 2.88. The number of amides is 2. The Hall–Kier alpha value is -2.34. The highest BCUT2D eigenvalue weighted by atomic mass is 16.4. The molecule has 0 aliphatic carbocycles. The van der Waals surface area contributed by atoms with Gasteiger partial charge in [0.25, 0.3) is 0 Å². The van der Waals surface area contributed by atoms with Gasteiger partial charge < -0.3 is 19.5 Å². The summed E-state index contributed by atoms with van der Waals surface area (Å²) in [6, 6.07) is 9.75. The Labute approximate surface area is 136 Å². The molecule has 1 N–H and O–H groups in total. The van der Waals surface area contributed by atoms with E-state index in [1.54, 1.807) is 6.20 Å². The van der Waals surface area contributed by atoms with E-state index in [1.165, 1.54) is 0 Å². The number of nitrogens with one attached hydrogen (secondary N) is 1. The molecule has 0 unspecified atom stereocenters. The molecule has 6 heteroatoms. The van der Waals surface area contributed by atoms with Gasteiger partial charge in [-0.25, -0.2) is 9.78 Å². The third-order valence-corrected chi connectivity index (χ3v) is 4.11. The number of likely N-dealkylation sites (N-methyl/N-ethyl adjacent to an activating group) is 1. The molecular weight excluding hydrogens is 292 g/mol. The zero-order chi connectivity index (χ0) is 16.1. The number of rotatable bonds is 4. The van der Waals surface area contributed by atoms with Crippen molar-refractivity contribution in [3.63, 3.8) is 0 Å². The Kier molecular flexibility index (Phi) is 4.92. The van der Waals surface area contributed by atoms with Crippen LogP contribution < -0.4 is 5.32 Å². The minimum absolute atomic E-state index is 0.0554. The van der Waals surface area contributed by atoms with Crippen LogP contribution in [0.4, 0.5) is 4.79 Å². The summed E-state index contributed by atoms with van der Waals surface area (Å²) >= 11 is 0. The molecule has 6 nitrogen and oxygen atoms in total. The highest BCUT2D eigenvalue weighted by molar-refractivity contribution is 5.74.